The van der Waals surface area contributed by atoms with Gasteiger partial charge in [0.15, 0.2) is 0 Å². The highest BCUT2D eigenvalue weighted by Crippen LogP contribution is 2.26. The summed E-state index contributed by atoms with van der Waals surface area (Å²) < 4.78 is 0.990. The maximum absolute atomic E-state index is 6.27. The fourth-order valence-electron chi connectivity index (χ4n) is 1.95. The molecular weight excluding hydrogens is 326 g/mol. The Morgan fingerprint density at radius 3 is 2.68 bits per heavy atom. The van der Waals surface area contributed by atoms with Crippen molar-refractivity contribution in [3.8, 4) is 0 Å². The van der Waals surface area contributed by atoms with Gasteiger partial charge in [-0.3, -0.25) is 0 Å². The van der Waals surface area contributed by atoms with Crippen LogP contribution in [0.4, 0.5) is 0 Å². The van der Waals surface area contributed by atoms with Gasteiger partial charge >= 0.3 is 0 Å². The van der Waals surface area contributed by atoms with Gasteiger partial charge in [0.25, 0.3) is 0 Å². The number of halogens is 2. The van der Waals surface area contributed by atoms with Gasteiger partial charge < -0.3 is 5.32 Å². The van der Waals surface area contributed by atoms with Gasteiger partial charge in [-0.2, -0.15) is 0 Å². The third-order valence-electron chi connectivity index (χ3n) is 2.87. The molecule has 1 aromatic carbocycles. The smallest absolute Gasteiger partial charge is 0.115 e. The zero-order valence-electron chi connectivity index (χ0n) is 10.6. The van der Waals surface area contributed by atoms with Crippen LogP contribution in [-0.2, 0) is 6.42 Å². The number of hydrogen-bond acceptors (Lipinski definition) is 3. The molecule has 3 nitrogen and oxygen atoms in total. The van der Waals surface area contributed by atoms with Crippen LogP contribution < -0.4 is 5.32 Å². The van der Waals surface area contributed by atoms with E-state index in [0.29, 0.717) is 0 Å². The molecule has 19 heavy (non-hydrogen) atoms. The largest absolute Gasteiger partial charge is 0.310 e. The molecule has 2 rings (SSSR count). The van der Waals surface area contributed by atoms with E-state index in [0.717, 1.165) is 33.6 Å². The van der Waals surface area contributed by atoms with E-state index in [1.54, 1.807) is 6.33 Å². The van der Waals surface area contributed by atoms with E-state index in [4.69, 9.17) is 11.6 Å². The second-order valence-electron chi connectivity index (χ2n) is 4.22. The zero-order valence-corrected chi connectivity index (χ0v) is 12.9. The van der Waals surface area contributed by atoms with E-state index in [1.165, 1.54) is 0 Å². The average Bonchev–Trinajstić information content (AvgIpc) is 2.42. The van der Waals surface area contributed by atoms with Crippen LogP contribution >= 0.6 is 27.5 Å². The van der Waals surface area contributed by atoms with Crippen LogP contribution in [0.15, 0.2) is 41.4 Å². The monoisotopic (exact) mass is 339 g/mol. The minimum absolute atomic E-state index is 0.171. The zero-order chi connectivity index (χ0) is 13.7. The molecule has 0 radical (unpaired) electrons. The number of benzene rings is 1. The highest BCUT2D eigenvalue weighted by Gasteiger charge is 2.13. The van der Waals surface area contributed by atoms with Gasteiger partial charge in [-0.25, -0.2) is 9.97 Å². The Bertz CT molecular complexity index is 533. The third kappa shape index (κ3) is 4.00. The number of rotatable bonds is 5. The van der Waals surface area contributed by atoms with E-state index in [2.05, 4.69) is 38.1 Å². The minimum atomic E-state index is 0.171. The molecule has 0 bridgehead atoms. The molecule has 0 spiro atoms. The standard InChI is InChI=1S/C14H15BrClN3/c1-2-19-14(11-7-17-9-18-8-11)5-10-3-4-12(15)6-13(10)16/h3-4,6-9,14,19H,2,5H2,1H3. The first-order chi connectivity index (χ1) is 9.20. The van der Waals surface area contributed by atoms with Crippen molar-refractivity contribution in [2.75, 3.05) is 6.54 Å². The van der Waals surface area contributed by atoms with Crippen molar-refractivity contribution in [2.45, 2.75) is 19.4 Å². The topological polar surface area (TPSA) is 37.8 Å². The van der Waals surface area contributed by atoms with Crippen molar-refractivity contribution in [2.24, 2.45) is 0 Å². The van der Waals surface area contributed by atoms with E-state index in [9.17, 15) is 0 Å². The summed E-state index contributed by atoms with van der Waals surface area (Å²) in [4.78, 5) is 8.15. The maximum atomic E-state index is 6.27. The molecule has 2 aromatic rings. The second-order valence-corrected chi connectivity index (χ2v) is 5.54. The Morgan fingerprint density at radius 2 is 2.05 bits per heavy atom. The van der Waals surface area contributed by atoms with Crippen LogP contribution in [0, 0.1) is 0 Å². The first kappa shape index (κ1) is 14.4. The number of hydrogen-bond donors (Lipinski definition) is 1. The quantitative estimate of drug-likeness (QED) is 0.900. The highest BCUT2D eigenvalue weighted by atomic mass is 79.9. The molecule has 1 N–H and O–H groups in total. The Kier molecular flexibility index (Phi) is 5.31. The first-order valence-corrected chi connectivity index (χ1v) is 7.30. The summed E-state index contributed by atoms with van der Waals surface area (Å²) in [7, 11) is 0. The summed E-state index contributed by atoms with van der Waals surface area (Å²) in [5, 5.41) is 4.21. The SMILES string of the molecule is CCNC(Cc1ccc(Br)cc1Cl)c1cncnc1. The molecule has 1 heterocycles. The van der Waals surface area contributed by atoms with Gasteiger partial charge in [0, 0.05) is 33.5 Å². The fourth-order valence-corrected chi connectivity index (χ4v) is 2.70. The summed E-state index contributed by atoms with van der Waals surface area (Å²) in [5.41, 5.74) is 2.18. The van der Waals surface area contributed by atoms with Crippen molar-refractivity contribution in [1.82, 2.24) is 15.3 Å². The molecule has 0 amide bonds. The molecular formula is C14H15BrClN3. The predicted molar refractivity (Wildman–Crippen MR) is 81.3 cm³/mol. The third-order valence-corrected chi connectivity index (χ3v) is 3.72. The number of aromatic nitrogens is 2. The maximum Gasteiger partial charge on any atom is 0.115 e. The van der Waals surface area contributed by atoms with E-state index < -0.39 is 0 Å². The number of likely N-dealkylation sites (N-methyl/N-ethyl adjacent to an activating group) is 1. The average molecular weight is 341 g/mol. The lowest BCUT2D eigenvalue weighted by molar-refractivity contribution is 0.546. The predicted octanol–water partition coefficient (Wildman–Crippen LogP) is 3.79. The Labute approximate surface area is 126 Å². The molecule has 0 aliphatic carbocycles. The van der Waals surface area contributed by atoms with Crippen molar-refractivity contribution >= 4 is 27.5 Å². The van der Waals surface area contributed by atoms with Crippen LogP contribution in [0.25, 0.3) is 0 Å². The van der Waals surface area contributed by atoms with Crippen molar-refractivity contribution in [3.63, 3.8) is 0 Å². The van der Waals surface area contributed by atoms with Crippen LogP contribution in [-0.4, -0.2) is 16.5 Å². The molecule has 1 atom stereocenters. The fraction of sp³-hybridized carbons (Fsp3) is 0.286. The molecule has 0 aliphatic heterocycles. The van der Waals surface area contributed by atoms with E-state index >= 15 is 0 Å². The molecule has 1 unspecified atom stereocenters. The van der Waals surface area contributed by atoms with Gasteiger partial charge in [0.2, 0.25) is 0 Å². The molecule has 5 heteroatoms. The van der Waals surface area contributed by atoms with Gasteiger partial charge in [0.1, 0.15) is 6.33 Å². The minimum Gasteiger partial charge on any atom is -0.310 e. The van der Waals surface area contributed by atoms with Gasteiger partial charge in [0.05, 0.1) is 0 Å². The van der Waals surface area contributed by atoms with Gasteiger partial charge in [-0.05, 0) is 30.7 Å². The molecule has 0 saturated heterocycles. The summed E-state index contributed by atoms with van der Waals surface area (Å²) in [6.07, 6.45) is 6.03. The highest BCUT2D eigenvalue weighted by molar-refractivity contribution is 9.10. The first-order valence-electron chi connectivity index (χ1n) is 6.13. The van der Waals surface area contributed by atoms with Crippen molar-refractivity contribution < 1.29 is 0 Å². The van der Waals surface area contributed by atoms with Crippen molar-refractivity contribution in [3.05, 3.63) is 57.5 Å². The lowest BCUT2D eigenvalue weighted by Gasteiger charge is -2.18. The molecule has 0 fully saturated rings. The second kappa shape index (κ2) is 6.98. The van der Waals surface area contributed by atoms with E-state index in [-0.39, 0.29) is 6.04 Å². The Morgan fingerprint density at radius 1 is 1.32 bits per heavy atom. The molecule has 0 aliphatic rings. The molecule has 1 aromatic heterocycles. The number of nitrogens with one attached hydrogen (secondary N) is 1. The molecule has 0 saturated carbocycles. The van der Waals surface area contributed by atoms with Crippen LogP contribution in [0.3, 0.4) is 0 Å². The molecule has 100 valence electrons. The van der Waals surface area contributed by atoms with Crippen LogP contribution in [0.2, 0.25) is 5.02 Å². The summed E-state index contributed by atoms with van der Waals surface area (Å²) in [6, 6.07) is 6.14. The number of nitrogens with zero attached hydrogens (tertiary/aromatic N) is 2. The summed E-state index contributed by atoms with van der Waals surface area (Å²) >= 11 is 9.69. The van der Waals surface area contributed by atoms with Gasteiger partial charge in [-0.15, -0.1) is 0 Å². The summed E-state index contributed by atoms with van der Waals surface area (Å²) in [5.74, 6) is 0. The Hall–Kier alpha value is -0.970. The van der Waals surface area contributed by atoms with Crippen LogP contribution in [0.1, 0.15) is 24.1 Å². The normalized spacial score (nSPS) is 12.4. The lowest BCUT2D eigenvalue weighted by Crippen LogP contribution is -2.23. The van der Waals surface area contributed by atoms with E-state index in [1.807, 2.05) is 30.6 Å². The summed E-state index contributed by atoms with van der Waals surface area (Å²) in [6.45, 7) is 2.97. The van der Waals surface area contributed by atoms with Crippen molar-refractivity contribution in [1.29, 1.82) is 0 Å². The van der Waals surface area contributed by atoms with Gasteiger partial charge in [-0.1, -0.05) is 40.5 Å². The Balaban J connectivity index is 2.21. The van der Waals surface area contributed by atoms with Crippen LogP contribution in [0.5, 0.6) is 0 Å². The lowest BCUT2D eigenvalue weighted by atomic mass is 10.0.